The molecule has 0 bridgehead atoms. The molecule has 0 aliphatic rings. The highest BCUT2D eigenvalue weighted by Gasteiger charge is 2.15. The smallest absolute Gasteiger partial charge is 0.123 e. The zero-order valence-electron chi connectivity index (χ0n) is 10.4. The maximum Gasteiger partial charge on any atom is 0.123 e. The molecule has 1 aromatic heterocycles. The summed E-state index contributed by atoms with van der Waals surface area (Å²) in [5, 5.41) is 5.23. The van der Waals surface area contributed by atoms with Crippen molar-refractivity contribution in [2.75, 3.05) is 0 Å². The van der Waals surface area contributed by atoms with E-state index in [9.17, 15) is 4.39 Å². The van der Waals surface area contributed by atoms with Gasteiger partial charge in [-0.1, -0.05) is 39.5 Å². The molecule has 0 radical (unpaired) electrons. The molecule has 0 unspecified atom stereocenters. The topological polar surface area (TPSA) is 25.8 Å². The van der Waals surface area contributed by atoms with Gasteiger partial charge in [0.25, 0.3) is 0 Å². The summed E-state index contributed by atoms with van der Waals surface area (Å²) in [4.78, 5) is 0.911. The summed E-state index contributed by atoms with van der Waals surface area (Å²) in [6.45, 7) is 0. The van der Waals surface area contributed by atoms with E-state index < -0.39 is 0 Å². The summed E-state index contributed by atoms with van der Waals surface area (Å²) in [6, 6.07) is 11.5. The van der Waals surface area contributed by atoms with Crippen LogP contribution in [-0.4, -0.2) is 9.59 Å². The largest absolute Gasteiger partial charge is 0.207 e. The lowest BCUT2D eigenvalue weighted by Gasteiger charge is -2.04. The third-order valence-corrected chi connectivity index (χ3v) is 5.10. The van der Waals surface area contributed by atoms with Crippen LogP contribution in [0.3, 0.4) is 0 Å². The van der Waals surface area contributed by atoms with Gasteiger partial charge in [-0.2, -0.15) is 0 Å². The molecule has 0 fully saturated rings. The number of hydrogen-bond acceptors (Lipinski definition) is 4. The second-order valence-corrected chi connectivity index (χ2v) is 7.03. The SMILES string of the molecule is Fc1ccc(Sc2snnc2-c2ccc(Cl)cc2Cl)cc1. The van der Waals surface area contributed by atoms with Gasteiger partial charge in [0.15, 0.2) is 0 Å². The number of nitrogens with zero attached hydrogens (tertiary/aromatic N) is 2. The molecule has 2 aromatic carbocycles. The molecule has 2 nitrogen and oxygen atoms in total. The summed E-state index contributed by atoms with van der Waals surface area (Å²) in [5.74, 6) is -0.261. The van der Waals surface area contributed by atoms with Crippen molar-refractivity contribution in [3.63, 3.8) is 0 Å². The number of benzene rings is 2. The van der Waals surface area contributed by atoms with Crippen molar-refractivity contribution < 1.29 is 4.39 Å². The maximum absolute atomic E-state index is 12.9. The summed E-state index contributed by atoms with van der Waals surface area (Å²) >= 11 is 14.9. The van der Waals surface area contributed by atoms with E-state index in [1.165, 1.54) is 35.4 Å². The average molecular weight is 357 g/mol. The molecule has 0 atom stereocenters. The predicted octanol–water partition coefficient (Wildman–Crippen LogP) is 5.80. The Morgan fingerprint density at radius 1 is 1.05 bits per heavy atom. The third-order valence-electron chi connectivity index (χ3n) is 2.67. The predicted molar refractivity (Wildman–Crippen MR) is 85.9 cm³/mol. The Hall–Kier alpha value is -1.14. The molecule has 7 heteroatoms. The van der Waals surface area contributed by atoms with Gasteiger partial charge in [0.05, 0.1) is 5.02 Å². The Balaban J connectivity index is 1.95. The fourth-order valence-electron chi connectivity index (χ4n) is 1.70. The second-order valence-electron chi connectivity index (χ2n) is 4.09. The van der Waals surface area contributed by atoms with Gasteiger partial charge in [0.1, 0.15) is 15.7 Å². The van der Waals surface area contributed by atoms with Crippen LogP contribution >= 0.6 is 46.5 Å². The van der Waals surface area contributed by atoms with E-state index in [2.05, 4.69) is 9.59 Å². The average Bonchev–Trinajstić information content (AvgIpc) is 2.89. The molecule has 0 saturated heterocycles. The molecule has 0 spiro atoms. The van der Waals surface area contributed by atoms with Crippen LogP contribution in [0.4, 0.5) is 4.39 Å². The highest BCUT2D eigenvalue weighted by atomic mass is 35.5. The zero-order valence-corrected chi connectivity index (χ0v) is 13.5. The molecule has 106 valence electrons. The van der Waals surface area contributed by atoms with Gasteiger partial charge in [-0.15, -0.1) is 5.10 Å². The van der Waals surface area contributed by atoms with Crippen molar-refractivity contribution in [2.24, 2.45) is 0 Å². The maximum atomic E-state index is 12.9. The van der Waals surface area contributed by atoms with Gasteiger partial charge in [-0.25, -0.2) is 4.39 Å². The van der Waals surface area contributed by atoms with Gasteiger partial charge in [0, 0.05) is 15.5 Å². The Bertz CT molecular complexity index is 775. The standard InChI is InChI=1S/C14H7Cl2FN2S2/c15-8-1-6-11(12(16)7-8)13-14(21-19-18-13)20-10-4-2-9(17)3-5-10/h1-7H. The fraction of sp³-hybridized carbons (Fsp3) is 0. The van der Waals surface area contributed by atoms with E-state index in [-0.39, 0.29) is 5.82 Å². The highest BCUT2D eigenvalue weighted by Crippen LogP contribution is 2.40. The van der Waals surface area contributed by atoms with Crippen molar-refractivity contribution in [3.05, 3.63) is 58.3 Å². The molecule has 1 heterocycles. The molecule has 21 heavy (non-hydrogen) atoms. The van der Waals surface area contributed by atoms with Crippen LogP contribution in [0.15, 0.2) is 51.6 Å². The van der Waals surface area contributed by atoms with Gasteiger partial charge < -0.3 is 0 Å². The molecule has 3 rings (SSSR count). The highest BCUT2D eigenvalue weighted by molar-refractivity contribution is 8.01. The van der Waals surface area contributed by atoms with Crippen molar-refractivity contribution in [1.82, 2.24) is 9.59 Å². The van der Waals surface area contributed by atoms with Crippen molar-refractivity contribution in [3.8, 4) is 11.3 Å². The number of rotatable bonds is 3. The first-order chi connectivity index (χ1) is 10.1. The van der Waals surface area contributed by atoms with Crippen molar-refractivity contribution >= 4 is 46.5 Å². The summed E-state index contributed by atoms with van der Waals surface area (Å²) in [6.07, 6.45) is 0. The van der Waals surface area contributed by atoms with E-state index in [1.807, 2.05) is 6.07 Å². The molecule has 0 N–H and O–H groups in total. The number of hydrogen-bond donors (Lipinski definition) is 0. The normalized spacial score (nSPS) is 10.8. The van der Waals surface area contributed by atoms with Crippen LogP contribution in [0.1, 0.15) is 0 Å². The third kappa shape index (κ3) is 3.37. The van der Waals surface area contributed by atoms with Crippen LogP contribution < -0.4 is 0 Å². The Morgan fingerprint density at radius 2 is 1.81 bits per heavy atom. The van der Waals surface area contributed by atoms with Crippen molar-refractivity contribution in [1.29, 1.82) is 0 Å². The molecule has 3 aromatic rings. The monoisotopic (exact) mass is 356 g/mol. The molecular weight excluding hydrogens is 350 g/mol. The molecule has 0 aliphatic carbocycles. The van der Waals surface area contributed by atoms with Gasteiger partial charge in [-0.3, -0.25) is 0 Å². The van der Waals surface area contributed by atoms with E-state index in [0.717, 1.165) is 14.7 Å². The molecule has 0 aliphatic heterocycles. The first-order valence-electron chi connectivity index (χ1n) is 5.84. The first-order valence-corrected chi connectivity index (χ1v) is 8.19. The fourth-order valence-corrected chi connectivity index (χ4v) is 3.91. The van der Waals surface area contributed by atoms with E-state index >= 15 is 0 Å². The summed E-state index contributed by atoms with van der Waals surface area (Å²) in [5.41, 5.74) is 1.48. The quantitative estimate of drug-likeness (QED) is 0.592. The number of aromatic nitrogens is 2. The van der Waals surface area contributed by atoms with Crippen LogP contribution in [0, 0.1) is 5.82 Å². The second kappa shape index (κ2) is 6.32. The van der Waals surface area contributed by atoms with Crippen LogP contribution in [0.5, 0.6) is 0 Å². The lowest BCUT2D eigenvalue weighted by molar-refractivity contribution is 0.626. The van der Waals surface area contributed by atoms with Crippen LogP contribution in [0.25, 0.3) is 11.3 Å². The van der Waals surface area contributed by atoms with Crippen LogP contribution in [0.2, 0.25) is 10.0 Å². The first kappa shape index (κ1) is 14.8. The molecule has 0 saturated carbocycles. The van der Waals surface area contributed by atoms with Crippen molar-refractivity contribution in [2.45, 2.75) is 9.10 Å². The Labute approximate surface area is 139 Å². The summed E-state index contributed by atoms with van der Waals surface area (Å²) < 4.78 is 17.8. The van der Waals surface area contributed by atoms with E-state index in [0.29, 0.717) is 15.7 Å². The van der Waals surface area contributed by atoms with Gasteiger partial charge in [0.2, 0.25) is 0 Å². The summed E-state index contributed by atoms with van der Waals surface area (Å²) in [7, 11) is 0. The van der Waals surface area contributed by atoms with Crippen LogP contribution in [-0.2, 0) is 0 Å². The molecular formula is C14H7Cl2FN2S2. The zero-order chi connectivity index (χ0) is 14.8. The Kier molecular flexibility index (Phi) is 4.45. The van der Waals surface area contributed by atoms with E-state index in [1.54, 1.807) is 24.3 Å². The van der Waals surface area contributed by atoms with Gasteiger partial charge >= 0.3 is 0 Å². The Morgan fingerprint density at radius 3 is 2.52 bits per heavy atom. The minimum absolute atomic E-state index is 0.261. The van der Waals surface area contributed by atoms with E-state index in [4.69, 9.17) is 23.2 Å². The molecule has 0 amide bonds. The minimum Gasteiger partial charge on any atom is -0.207 e. The lowest BCUT2D eigenvalue weighted by atomic mass is 10.2. The lowest BCUT2D eigenvalue weighted by Crippen LogP contribution is -1.83. The number of halogens is 3. The van der Waals surface area contributed by atoms with Gasteiger partial charge in [-0.05, 0) is 54.0 Å². The minimum atomic E-state index is -0.261.